The summed E-state index contributed by atoms with van der Waals surface area (Å²) in [6.07, 6.45) is 0. The third-order valence-electron chi connectivity index (χ3n) is 8.89. The van der Waals surface area contributed by atoms with Crippen molar-refractivity contribution >= 4 is 43.1 Å². The van der Waals surface area contributed by atoms with Crippen molar-refractivity contribution in [2.75, 3.05) is 0 Å². The number of hydrogen-bond donors (Lipinski definition) is 6. The Morgan fingerprint density at radius 3 is 0.826 bits per heavy atom. The third-order valence-corrected chi connectivity index (χ3v) is 8.89. The Hall–Kier alpha value is -6.40. The fourth-order valence-corrected chi connectivity index (χ4v) is 6.88. The molecule has 0 aliphatic rings. The van der Waals surface area contributed by atoms with Crippen LogP contribution in [0.5, 0.6) is 34.5 Å². The summed E-state index contributed by atoms with van der Waals surface area (Å²) < 4.78 is 0. The van der Waals surface area contributed by atoms with Gasteiger partial charge in [0.2, 0.25) is 0 Å². The van der Waals surface area contributed by atoms with Crippen molar-refractivity contribution in [1.29, 1.82) is 0 Å². The predicted octanol–water partition coefficient (Wildman–Crippen LogP) is 9.53. The van der Waals surface area contributed by atoms with Gasteiger partial charge in [-0.3, -0.25) is 0 Å². The molecule has 46 heavy (non-hydrogen) atoms. The minimum absolute atomic E-state index is 0.0727. The number of rotatable bonds is 3. The first-order chi connectivity index (χ1) is 22.4. The van der Waals surface area contributed by atoms with Gasteiger partial charge in [0.1, 0.15) is 11.5 Å². The summed E-state index contributed by atoms with van der Waals surface area (Å²) in [5, 5.41) is 74.4. The van der Waals surface area contributed by atoms with Gasteiger partial charge in [-0.2, -0.15) is 0 Å². The van der Waals surface area contributed by atoms with E-state index in [0.717, 1.165) is 10.8 Å². The van der Waals surface area contributed by atoms with Crippen molar-refractivity contribution in [1.82, 2.24) is 0 Å². The highest BCUT2D eigenvalue weighted by Crippen LogP contribution is 2.58. The van der Waals surface area contributed by atoms with Gasteiger partial charge in [-0.1, -0.05) is 109 Å². The lowest BCUT2D eigenvalue weighted by atomic mass is 9.84. The molecule has 0 atom stereocenters. The summed E-state index contributed by atoms with van der Waals surface area (Å²) >= 11 is 0. The predicted molar refractivity (Wildman–Crippen MR) is 183 cm³/mol. The molecule has 8 aromatic carbocycles. The van der Waals surface area contributed by atoms with Crippen LogP contribution in [0.1, 0.15) is 0 Å². The minimum atomic E-state index is -0.526. The highest BCUT2D eigenvalue weighted by atomic mass is 16.3. The number of benzene rings is 8. The van der Waals surface area contributed by atoms with Crippen LogP contribution in [0.15, 0.2) is 121 Å². The molecule has 0 aromatic heterocycles. The molecule has 0 saturated carbocycles. The molecule has 0 bridgehead atoms. The summed E-state index contributed by atoms with van der Waals surface area (Å²) in [5.74, 6) is -2.17. The summed E-state index contributed by atoms with van der Waals surface area (Å²) in [5.41, 5.74) is 1.39. The van der Waals surface area contributed by atoms with Gasteiger partial charge in [-0.25, -0.2) is 0 Å². The molecule has 0 heterocycles. The van der Waals surface area contributed by atoms with Gasteiger partial charge in [0.25, 0.3) is 0 Å². The summed E-state index contributed by atoms with van der Waals surface area (Å²) in [6, 6.07) is 35.7. The molecule has 6 N–H and O–H groups in total. The molecule has 0 spiro atoms. The van der Waals surface area contributed by atoms with Gasteiger partial charge >= 0.3 is 0 Å². The number of phenolic OH excluding ortho intramolecular Hbond substituents is 6. The van der Waals surface area contributed by atoms with E-state index >= 15 is 0 Å². The van der Waals surface area contributed by atoms with Crippen LogP contribution in [0.3, 0.4) is 0 Å². The van der Waals surface area contributed by atoms with Crippen molar-refractivity contribution in [2.24, 2.45) is 0 Å². The van der Waals surface area contributed by atoms with Crippen LogP contribution in [0.2, 0.25) is 0 Å². The van der Waals surface area contributed by atoms with E-state index in [1.54, 1.807) is 72.8 Å². The molecule has 8 rings (SSSR count). The lowest BCUT2D eigenvalue weighted by molar-refractivity contribution is 0.402. The maximum Gasteiger partial charge on any atom is 0.166 e. The lowest BCUT2D eigenvalue weighted by Crippen LogP contribution is -1.94. The average Bonchev–Trinajstić information content (AvgIpc) is 3.08. The lowest BCUT2D eigenvalue weighted by Gasteiger charge is -2.22. The van der Waals surface area contributed by atoms with Crippen LogP contribution in [0.25, 0.3) is 76.5 Å². The van der Waals surface area contributed by atoms with E-state index in [4.69, 9.17) is 0 Å². The smallest absolute Gasteiger partial charge is 0.166 e. The summed E-state index contributed by atoms with van der Waals surface area (Å²) in [6.45, 7) is 0. The largest absolute Gasteiger partial charge is 0.507 e. The van der Waals surface area contributed by atoms with Gasteiger partial charge in [0.05, 0.1) is 0 Å². The monoisotopic (exact) mass is 602 g/mol. The van der Waals surface area contributed by atoms with Gasteiger partial charge in [0.15, 0.2) is 23.0 Å². The SMILES string of the molecule is Oc1ccc2ccccc2c1-c1c(O)c(O)c(-c2c(O)c(O)c(-c3c(O)ccc4ccccc34)c3ccccc23)c2ccccc12. The Labute approximate surface area is 262 Å². The van der Waals surface area contributed by atoms with Crippen molar-refractivity contribution < 1.29 is 30.6 Å². The summed E-state index contributed by atoms with van der Waals surface area (Å²) in [4.78, 5) is 0. The highest BCUT2D eigenvalue weighted by molar-refractivity contribution is 6.21. The normalized spacial score (nSPS) is 11.6. The Bertz CT molecular complexity index is 2370. The van der Waals surface area contributed by atoms with E-state index in [-0.39, 0.29) is 33.8 Å². The van der Waals surface area contributed by atoms with E-state index in [0.29, 0.717) is 43.4 Å². The fourth-order valence-electron chi connectivity index (χ4n) is 6.88. The zero-order chi connectivity index (χ0) is 31.7. The highest BCUT2D eigenvalue weighted by Gasteiger charge is 2.29. The zero-order valence-corrected chi connectivity index (χ0v) is 24.2. The van der Waals surface area contributed by atoms with Gasteiger partial charge in [0, 0.05) is 33.4 Å². The third kappa shape index (κ3) is 3.77. The second-order valence-electron chi connectivity index (χ2n) is 11.3. The molecule has 0 amide bonds. The van der Waals surface area contributed by atoms with Crippen molar-refractivity contribution in [3.8, 4) is 67.9 Å². The van der Waals surface area contributed by atoms with Gasteiger partial charge in [-0.15, -0.1) is 0 Å². The Morgan fingerprint density at radius 1 is 0.239 bits per heavy atom. The van der Waals surface area contributed by atoms with Crippen LogP contribution in [0, 0.1) is 0 Å². The molecule has 0 unspecified atom stereocenters. The van der Waals surface area contributed by atoms with Crippen LogP contribution < -0.4 is 0 Å². The first-order valence-corrected chi connectivity index (χ1v) is 14.7. The summed E-state index contributed by atoms with van der Waals surface area (Å²) in [7, 11) is 0. The Balaban J connectivity index is 1.51. The maximum atomic E-state index is 11.8. The van der Waals surface area contributed by atoms with Crippen LogP contribution in [0.4, 0.5) is 0 Å². The van der Waals surface area contributed by atoms with Gasteiger partial charge < -0.3 is 30.6 Å². The van der Waals surface area contributed by atoms with Crippen molar-refractivity contribution in [3.05, 3.63) is 121 Å². The molecule has 222 valence electrons. The van der Waals surface area contributed by atoms with Crippen LogP contribution >= 0.6 is 0 Å². The molecule has 8 aromatic rings. The molecule has 0 fully saturated rings. The fraction of sp³-hybridized carbons (Fsp3) is 0. The topological polar surface area (TPSA) is 121 Å². The molecular formula is C40H26O6. The Morgan fingerprint density at radius 2 is 0.500 bits per heavy atom. The van der Waals surface area contributed by atoms with Crippen molar-refractivity contribution in [3.63, 3.8) is 0 Å². The molecule has 6 heteroatoms. The molecular weight excluding hydrogens is 576 g/mol. The van der Waals surface area contributed by atoms with E-state index in [1.165, 1.54) is 0 Å². The van der Waals surface area contributed by atoms with Crippen LogP contribution in [-0.4, -0.2) is 30.6 Å². The van der Waals surface area contributed by atoms with E-state index in [1.807, 2.05) is 48.5 Å². The minimum Gasteiger partial charge on any atom is -0.507 e. The number of phenols is 6. The van der Waals surface area contributed by atoms with E-state index < -0.39 is 23.0 Å². The molecule has 0 aliphatic carbocycles. The molecule has 0 saturated heterocycles. The Kier molecular flexibility index (Phi) is 5.95. The first-order valence-electron chi connectivity index (χ1n) is 14.7. The van der Waals surface area contributed by atoms with Crippen LogP contribution in [-0.2, 0) is 0 Å². The number of fused-ring (bicyclic) bond motifs is 4. The number of aromatic hydroxyl groups is 6. The van der Waals surface area contributed by atoms with E-state index in [9.17, 15) is 30.6 Å². The molecule has 6 nitrogen and oxygen atoms in total. The van der Waals surface area contributed by atoms with Crippen molar-refractivity contribution in [2.45, 2.75) is 0 Å². The quantitative estimate of drug-likeness (QED) is 0.112. The van der Waals surface area contributed by atoms with Gasteiger partial charge in [-0.05, 0) is 55.2 Å². The van der Waals surface area contributed by atoms with E-state index in [2.05, 4.69) is 0 Å². The standard InChI is InChI=1S/C40H26O6/c41-29-19-17-21-9-1-3-11-23(21)31(29)33-25-13-5-7-15-27(25)35(39(45)37(33)43)36-28-16-8-6-14-26(28)34(38(44)40(36)46)32-24-12-4-2-10-22(24)18-20-30(32)42/h1-20,41-46H. The molecule has 0 aliphatic heterocycles. The average molecular weight is 603 g/mol. The zero-order valence-electron chi connectivity index (χ0n) is 24.2. The number of hydrogen-bond acceptors (Lipinski definition) is 6. The maximum absolute atomic E-state index is 11.8. The first kappa shape index (κ1) is 27.2. The molecule has 0 radical (unpaired) electrons. The second kappa shape index (κ2) is 10.1. The second-order valence-corrected chi connectivity index (χ2v) is 11.3.